The highest BCUT2D eigenvalue weighted by atomic mass is 35.5. The van der Waals surface area contributed by atoms with Crippen molar-refractivity contribution in [3.63, 3.8) is 0 Å². The molecule has 2 rings (SSSR count). The van der Waals surface area contributed by atoms with Gasteiger partial charge in [0.2, 0.25) is 0 Å². The standard InChI is InChI=1S/C14H20ClN3O/c1-9-6-11-13(16-7-9)18(12(17-11)10(2)15)14(3,4)8-19-5/h6-7,10H,8H2,1-5H3. The number of methoxy groups -OCH3 is 1. The van der Waals surface area contributed by atoms with Crippen molar-refractivity contribution in [1.29, 1.82) is 0 Å². The van der Waals surface area contributed by atoms with Crippen LogP contribution in [0.25, 0.3) is 11.2 Å². The number of rotatable bonds is 4. The fourth-order valence-corrected chi connectivity index (χ4v) is 2.51. The molecule has 5 heteroatoms. The van der Waals surface area contributed by atoms with Gasteiger partial charge in [0.05, 0.1) is 17.5 Å². The molecule has 0 aliphatic rings. The Hall–Kier alpha value is -1.13. The molecule has 0 bridgehead atoms. The summed E-state index contributed by atoms with van der Waals surface area (Å²) in [6.07, 6.45) is 1.85. The number of nitrogens with zero attached hydrogens (tertiary/aromatic N) is 3. The summed E-state index contributed by atoms with van der Waals surface area (Å²) in [6.45, 7) is 8.71. The maximum Gasteiger partial charge on any atom is 0.160 e. The van der Waals surface area contributed by atoms with Crippen molar-refractivity contribution in [3.8, 4) is 0 Å². The molecule has 2 heterocycles. The van der Waals surface area contributed by atoms with Crippen LogP contribution >= 0.6 is 11.6 Å². The number of pyridine rings is 1. The van der Waals surface area contributed by atoms with Crippen LogP contribution in [0, 0.1) is 6.92 Å². The van der Waals surface area contributed by atoms with Crippen molar-refractivity contribution in [1.82, 2.24) is 14.5 Å². The molecular weight excluding hydrogens is 262 g/mol. The van der Waals surface area contributed by atoms with E-state index in [1.807, 2.05) is 26.1 Å². The minimum absolute atomic E-state index is 0.175. The summed E-state index contributed by atoms with van der Waals surface area (Å²) in [5, 5.41) is -0.175. The van der Waals surface area contributed by atoms with E-state index in [0.29, 0.717) is 6.61 Å². The van der Waals surface area contributed by atoms with Crippen LogP contribution in [0.4, 0.5) is 0 Å². The second-order valence-electron chi connectivity index (χ2n) is 5.52. The van der Waals surface area contributed by atoms with E-state index in [1.165, 1.54) is 0 Å². The van der Waals surface area contributed by atoms with E-state index in [2.05, 4.69) is 28.4 Å². The molecule has 0 spiro atoms. The van der Waals surface area contributed by atoms with Gasteiger partial charge in [-0.2, -0.15) is 0 Å². The highest BCUT2D eigenvalue weighted by molar-refractivity contribution is 6.20. The lowest BCUT2D eigenvalue weighted by atomic mass is 10.1. The molecule has 1 unspecified atom stereocenters. The second kappa shape index (κ2) is 5.10. The lowest BCUT2D eigenvalue weighted by Gasteiger charge is -2.28. The zero-order valence-corrected chi connectivity index (χ0v) is 12.8. The number of ether oxygens (including phenoxy) is 1. The highest BCUT2D eigenvalue weighted by Crippen LogP contribution is 2.30. The summed E-state index contributed by atoms with van der Waals surface area (Å²) in [6, 6.07) is 2.03. The summed E-state index contributed by atoms with van der Waals surface area (Å²) in [7, 11) is 1.70. The number of halogens is 1. The van der Waals surface area contributed by atoms with Crippen molar-refractivity contribution in [2.75, 3.05) is 13.7 Å². The molecular formula is C14H20ClN3O. The molecule has 4 nitrogen and oxygen atoms in total. The van der Waals surface area contributed by atoms with Crippen LogP contribution in [0.3, 0.4) is 0 Å². The first-order valence-corrected chi connectivity index (χ1v) is 6.79. The van der Waals surface area contributed by atoms with Gasteiger partial charge in [0.1, 0.15) is 11.3 Å². The molecule has 0 aliphatic heterocycles. The molecule has 0 fully saturated rings. The number of aryl methyl sites for hydroxylation is 1. The molecule has 0 aliphatic carbocycles. The summed E-state index contributed by atoms with van der Waals surface area (Å²) >= 11 is 6.27. The Bertz CT molecular complexity index is 590. The molecule has 104 valence electrons. The van der Waals surface area contributed by atoms with E-state index < -0.39 is 0 Å². The van der Waals surface area contributed by atoms with Crippen LogP contribution in [0.15, 0.2) is 12.3 Å². The van der Waals surface area contributed by atoms with E-state index in [1.54, 1.807) is 7.11 Å². The van der Waals surface area contributed by atoms with Crippen LogP contribution in [0.5, 0.6) is 0 Å². The molecule has 0 saturated carbocycles. The SMILES string of the molecule is COCC(C)(C)n1c(C(C)Cl)nc2cc(C)cnc21. The van der Waals surface area contributed by atoms with Gasteiger partial charge in [0.25, 0.3) is 0 Å². The second-order valence-corrected chi connectivity index (χ2v) is 6.18. The first-order valence-electron chi connectivity index (χ1n) is 6.35. The third-order valence-corrected chi connectivity index (χ3v) is 3.31. The summed E-state index contributed by atoms with van der Waals surface area (Å²) in [4.78, 5) is 9.15. The topological polar surface area (TPSA) is 39.9 Å². The Labute approximate surface area is 118 Å². The molecule has 0 amide bonds. The van der Waals surface area contributed by atoms with Crippen LogP contribution in [0.1, 0.15) is 37.5 Å². The van der Waals surface area contributed by atoms with E-state index >= 15 is 0 Å². The maximum absolute atomic E-state index is 6.27. The largest absolute Gasteiger partial charge is 0.382 e. The van der Waals surface area contributed by atoms with E-state index in [4.69, 9.17) is 16.3 Å². The Morgan fingerprint density at radius 1 is 1.47 bits per heavy atom. The first kappa shape index (κ1) is 14.3. The molecule has 2 aromatic rings. The number of hydrogen-bond acceptors (Lipinski definition) is 3. The van der Waals surface area contributed by atoms with Crippen LogP contribution in [-0.2, 0) is 10.3 Å². The summed E-state index contributed by atoms with van der Waals surface area (Å²) in [5.41, 5.74) is 2.59. The van der Waals surface area contributed by atoms with E-state index in [-0.39, 0.29) is 10.9 Å². The third-order valence-electron chi connectivity index (χ3n) is 3.12. The molecule has 0 radical (unpaired) electrons. The molecule has 0 aromatic carbocycles. The van der Waals surface area contributed by atoms with Crippen molar-refractivity contribution in [2.24, 2.45) is 0 Å². The third kappa shape index (κ3) is 2.60. The average molecular weight is 282 g/mol. The van der Waals surface area contributed by atoms with Gasteiger partial charge in [-0.1, -0.05) is 0 Å². The number of hydrogen-bond donors (Lipinski definition) is 0. The van der Waals surface area contributed by atoms with Crippen LogP contribution in [-0.4, -0.2) is 28.3 Å². The minimum atomic E-state index is -0.246. The summed E-state index contributed by atoms with van der Waals surface area (Å²) in [5.74, 6) is 0.830. The first-order chi connectivity index (χ1) is 8.86. The fourth-order valence-electron chi connectivity index (χ4n) is 2.36. The zero-order valence-electron chi connectivity index (χ0n) is 12.1. The lowest BCUT2D eigenvalue weighted by Crippen LogP contribution is -2.33. The average Bonchev–Trinajstić information content (AvgIpc) is 2.67. The monoisotopic (exact) mass is 281 g/mol. The van der Waals surface area contributed by atoms with Gasteiger partial charge < -0.3 is 9.30 Å². The Morgan fingerprint density at radius 2 is 2.16 bits per heavy atom. The van der Waals surface area contributed by atoms with Gasteiger partial charge in [-0.25, -0.2) is 9.97 Å². The van der Waals surface area contributed by atoms with Crippen molar-refractivity contribution in [2.45, 2.75) is 38.6 Å². The maximum atomic E-state index is 6.27. The normalized spacial score (nSPS) is 14.0. The lowest BCUT2D eigenvalue weighted by molar-refractivity contribution is 0.110. The minimum Gasteiger partial charge on any atom is -0.382 e. The van der Waals surface area contributed by atoms with E-state index in [9.17, 15) is 0 Å². The van der Waals surface area contributed by atoms with Gasteiger partial charge in [-0.3, -0.25) is 0 Å². The predicted octanol–water partition coefficient (Wildman–Crippen LogP) is 3.42. The number of imidazole rings is 1. The quantitative estimate of drug-likeness (QED) is 0.806. The number of fused-ring (bicyclic) bond motifs is 1. The number of aromatic nitrogens is 3. The Balaban J connectivity index is 2.72. The van der Waals surface area contributed by atoms with Gasteiger partial charge in [-0.15, -0.1) is 11.6 Å². The van der Waals surface area contributed by atoms with Crippen molar-refractivity contribution >= 4 is 22.8 Å². The molecule has 19 heavy (non-hydrogen) atoms. The Kier molecular flexibility index (Phi) is 3.83. The molecule has 0 saturated heterocycles. The highest BCUT2D eigenvalue weighted by Gasteiger charge is 2.28. The summed E-state index contributed by atoms with van der Waals surface area (Å²) < 4.78 is 7.40. The van der Waals surface area contributed by atoms with Crippen LogP contribution in [0.2, 0.25) is 0 Å². The molecule has 1 atom stereocenters. The molecule has 2 aromatic heterocycles. The van der Waals surface area contributed by atoms with Crippen molar-refractivity contribution < 1.29 is 4.74 Å². The van der Waals surface area contributed by atoms with Gasteiger partial charge >= 0.3 is 0 Å². The smallest absolute Gasteiger partial charge is 0.160 e. The van der Waals surface area contributed by atoms with Gasteiger partial charge in [-0.05, 0) is 39.3 Å². The van der Waals surface area contributed by atoms with Gasteiger partial charge in [0.15, 0.2) is 5.65 Å². The van der Waals surface area contributed by atoms with Gasteiger partial charge in [0, 0.05) is 13.3 Å². The van der Waals surface area contributed by atoms with E-state index in [0.717, 1.165) is 22.6 Å². The zero-order chi connectivity index (χ0) is 14.2. The number of alkyl halides is 1. The van der Waals surface area contributed by atoms with Crippen LogP contribution < -0.4 is 0 Å². The Morgan fingerprint density at radius 3 is 2.74 bits per heavy atom. The predicted molar refractivity (Wildman–Crippen MR) is 77.7 cm³/mol. The van der Waals surface area contributed by atoms with Crippen molar-refractivity contribution in [3.05, 3.63) is 23.7 Å². The molecule has 0 N–H and O–H groups in total. The fraction of sp³-hybridized carbons (Fsp3) is 0.571.